The Morgan fingerprint density at radius 1 is 0.944 bits per heavy atom. The van der Waals surface area contributed by atoms with E-state index in [-0.39, 0.29) is 12.1 Å². The van der Waals surface area contributed by atoms with E-state index in [0.717, 1.165) is 11.8 Å². The van der Waals surface area contributed by atoms with Crippen LogP contribution in [-0.4, -0.2) is 0 Å². The first kappa shape index (κ1) is 12.4. The van der Waals surface area contributed by atoms with Crippen LogP contribution < -0.4 is 10.9 Å². The van der Waals surface area contributed by atoms with Crippen LogP contribution in [0.4, 0.5) is 18.9 Å². The van der Waals surface area contributed by atoms with Crippen LogP contribution in [0.1, 0.15) is 5.56 Å². The standard InChI is InChI=1S/C13H11F3N2/c14-10-6-9(13(16)12(15)7-10)8-17-18-11-4-2-1-3-5-11/h1-7,17-18H,8H2. The van der Waals surface area contributed by atoms with Gasteiger partial charge in [0.15, 0.2) is 11.6 Å². The number of hydrogen-bond donors (Lipinski definition) is 2. The van der Waals surface area contributed by atoms with Crippen molar-refractivity contribution in [1.82, 2.24) is 5.43 Å². The molecule has 0 saturated carbocycles. The molecule has 2 nitrogen and oxygen atoms in total. The van der Waals surface area contributed by atoms with Crippen molar-refractivity contribution in [3.8, 4) is 0 Å². The normalized spacial score (nSPS) is 10.4. The molecule has 2 aromatic carbocycles. The Bertz CT molecular complexity index is 529. The highest BCUT2D eigenvalue weighted by Crippen LogP contribution is 2.14. The van der Waals surface area contributed by atoms with Crippen molar-refractivity contribution in [2.75, 3.05) is 5.43 Å². The third-order valence-corrected chi connectivity index (χ3v) is 2.35. The molecule has 18 heavy (non-hydrogen) atoms. The summed E-state index contributed by atoms with van der Waals surface area (Å²) in [5.41, 5.74) is 6.19. The Balaban J connectivity index is 1.99. The second-order valence-corrected chi connectivity index (χ2v) is 3.71. The van der Waals surface area contributed by atoms with Gasteiger partial charge in [0, 0.05) is 23.9 Å². The largest absolute Gasteiger partial charge is 0.321 e. The third kappa shape index (κ3) is 3.01. The fraction of sp³-hybridized carbons (Fsp3) is 0.0769. The van der Waals surface area contributed by atoms with Crippen molar-refractivity contribution < 1.29 is 13.2 Å². The van der Waals surface area contributed by atoms with E-state index < -0.39 is 17.5 Å². The monoisotopic (exact) mass is 252 g/mol. The highest BCUT2D eigenvalue weighted by Gasteiger charge is 2.10. The molecule has 0 aliphatic rings. The highest BCUT2D eigenvalue weighted by atomic mass is 19.2. The Hall–Kier alpha value is -2.01. The third-order valence-electron chi connectivity index (χ3n) is 2.35. The number of hydrazine groups is 1. The zero-order valence-electron chi connectivity index (χ0n) is 9.38. The van der Waals surface area contributed by atoms with Gasteiger partial charge in [-0.2, -0.15) is 0 Å². The van der Waals surface area contributed by atoms with Crippen molar-refractivity contribution in [2.24, 2.45) is 0 Å². The van der Waals surface area contributed by atoms with Gasteiger partial charge < -0.3 is 5.43 Å². The van der Waals surface area contributed by atoms with E-state index in [9.17, 15) is 13.2 Å². The summed E-state index contributed by atoms with van der Waals surface area (Å²) in [5.74, 6) is -3.03. The lowest BCUT2D eigenvalue weighted by Gasteiger charge is -2.09. The van der Waals surface area contributed by atoms with E-state index in [1.54, 1.807) is 12.1 Å². The minimum absolute atomic E-state index is 0.0323. The first-order valence-electron chi connectivity index (χ1n) is 5.34. The van der Waals surface area contributed by atoms with E-state index >= 15 is 0 Å². The first-order valence-corrected chi connectivity index (χ1v) is 5.34. The number of rotatable bonds is 4. The number of anilines is 1. The van der Waals surface area contributed by atoms with Gasteiger partial charge in [-0.05, 0) is 18.2 Å². The predicted octanol–water partition coefficient (Wildman–Crippen LogP) is 3.22. The molecule has 2 aromatic rings. The van der Waals surface area contributed by atoms with Gasteiger partial charge >= 0.3 is 0 Å². The van der Waals surface area contributed by atoms with E-state index in [1.165, 1.54) is 0 Å². The van der Waals surface area contributed by atoms with Crippen molar-refractivity contribution >= 4 is 5.69 Å². The van der Waals surface area contributed by atoms with E-state index in [2.05, 4.69) is 10.9 Å². The summed E-state index contributed by atoms with van der Waals surface area (Å²) < 4.78 is 39.1. The summed E-state index contributed by atoms with van der Waals surface area (Å²) >= 11 is 0. The van der Waals surface area contributed by atoms with Crippen molar-refractivity contribution in [1.29, 1.82) is 0 Å². The SMILES string of the molecule is Fc1cc(F)c(F)c(CNNc2ccccc2)c1. The van der Waals surface area contributed by atoms with Crippen LogP contribution in [-0.2, 0) is 6.54 Å². The van der Waals surface area contributed by atoms with Crippen LogP contribution in [0, 0.1) is 17.5 Å². The van der Waals surface area contributed by atoms with Gasteiger partial charge in [-0.15, -0.1) is 0 Å². The lowest BCUT2D eigenvalue weighted by atomic mass is 10.2. The van der Waals surface area contributed by atoms with E-state index in [4.69, 9.17) is 0 Å². The van der Waals surface area contributed by atoms with Gasteiger partial charge in [0.1, 0.15) is 5.82 Å². The summed E-state index contributed by atoms with van der Waals surface area (Å²) in [5, 5.41) is 0. The summed E-state index contributed by atoms with van der Waals surface area (Å²) in [4.78, 5) is 0. The second-order valence-electron chi connectivity index (χ2n) is 3.71. The van der Waals surface area contributed by atoms with Crippen molar-refractivity contribution in [2.45, 2.75) is 6.54 Å². The zero-order chi connectivity index (χ0) is 13.0. The number of halogens is 3. The quantitative estimate of drug-likeness (QED) is 0.645. The molecule has 0 atom stereocenters. The summed E-state index contributed by atoms with van der Waals surface area (Å²) in [6.45, 7) is -0.0323. The lowest BCUT2D eigenvalue weighted by molar-refractivity contribution is 0.481. The maximum atomic E-state index is 13.3. The molecule has 94 valence electrons. The van der Waals surface area contributed by atoms with Gasteiger partial charge in [0.25, 0.3) is 0 Å². The van der Waals surface area contributed by atoms with Crippen LogP contribution in [0.3, 0.4) is 0 Å². The number of benzene rings is 2. The lowest BCUT2D eigenvalue weighted by Crippen LogP contribution is -2.21. The molecule has 0 aromatic heterocycles. The zero-order valence-corrected chi connectivity index (χ0v) is 9.38. The molecule has 2 N–H and O–H groups in total. The predicted molar refractivity (Wildman–Crippen MR) is 63.2 cm³/mol. The molecule has 0 saturated heterocycles. The molecular formula is C13H11F3N2. The van der Waals surface area contributed by atoms with Crippen molar-refractivity contribution in [3.63, 3.8) is 0 Å². The molecule has 0 radical (unpaired) electrons. The molecule has 0 aliphatic carbocycles. The maximum absolute atomic E-state index is 13.3. The number of nitrogens with one attached hydrogen (secondary N) is 2. The van der Waals surface area contributed by atoms with Crippen LogP contribution >= 0.6 is 0 Å². The average molecular weight is 252 g/mol. The number of para-hydroxylation sites is 1. The van der Waals surface area contributed by atoms with Gasteiger partial charge in [0.05, 0.1) is 0 Å². The molecule has 0 amide bonds. The van der Waals surface area contributed by atoms with Gasteiger partial charge in [0.2, 0.25) is 0 Å². The van der Waals surface area contributed by atoms with Gasteiger partial charge in [-0.25, -0.2) is 18.6 Å². The fourth-order valence-corrected chi connectivity index (χ4v) is 1.50. The summed E-state index contributed by atoms with van der Waals surface area (Å²) in [7, 11) is 0. The topological polar surface area (TPSA) is 24.1 Å². The highest BCUT2D eigenvalue weighted by molar-refractivity contribution is 5.41. The van der Waals surface area contributed by atoms with Gasteiger partial charge in [-0.1, -0.05) is 18.2 Å². The molecule has 0 bridgehead atoms. The minimum atomic E-state index is -1.19. The Morgan fingerprint density at radius 3 is 2.39 bits per heavy atom. The van der Waals surface area contributed by atoms with E-state index in [1.807, 2.05) is 18.2 Å². The van der Waals surface area contributed by atoms with Gasteiger partial charge in [-0.3, -0.25) is 0 Å². The fourth-order valence-electron chi connectivity index (χ4n) is 1.50. The number of hydrogen-bond acceptors (Lipinski definition) is 2. The maximum Gasteiger partial charge on any atom is 0.163 e. The smallest absolute Gasteiger partial charge is 0.163 e. The molecule has 0 heterocycles. The summed E-state index contributed by atoms with van der Waals surface area (Å²) in [6, 6.07) is 10.6. The molecule has 0 fully saturated rings. The minimum Gasteiger partial charge on any atom is -0.321 e. The molecule has 0 aliphatic heterocycles. The average Bonchev–Trinajstić information content (AvgIpc) is 2.36. The molecule has 5 heteroatoms. The van der Waals surface area contributed by atoms with Crippen LogP contribution in [0.25, 0.3) is 0 Å². The Labute approximate surface area is 102 Å². The Kier molecular flexibility index (Phi) is 3.84. The van der Waals surface area contributed by atoms with Crippen LogP contribution in [0.5, 0.6) is 0 Å². The Morgan fingerprint density at radius 2 is 1.67 bits per heavy atom. The molecule has 2 rings (SSSR count). The second kappa shape index (κ2) is 5.55. The van der Waals surface area contributed by atoms with Crippen molar-refractivity contribution in [3.05, 3.63) is 65.5 Å². The molecular weight excluding hydrogens is 241 g/mol. The summed E-state index contributed by atoms with van der Waals surface area (Å²) in [6.07, 6.45) is 0. The molecule has 0 unspecified atom stereocenters. The molecule has 0 spiro atoms. The van der Waals surface area contributed by atoms with E-state index in [0.29, 0.717) is 6.07 Å². The van der Waals surface area contributed by atoms with Crippen LogP contribution in [0.15, 0.2) is 42.5 Å². The van der Waals surface area contributed by atoms with Crippen LogP contribution in [0.2, 0.25) is 0 Å². The first-order chi connectivity index (χ1) is 8.66.